The molecule has 1 aromatic carbocycles. The topological polar surface area (TPSA) is 77.3 Å². The Morgan fingerprint density at radius 3 is 2.86 bits per heavy atom. The molecular weight excluding hydrogens is 306 g/mol. The Morgan fingerprint density at radius 1 is 1.32 bits per heavy atom. The minimum Gasteiger partial charge on any atom is -0.421 e. The Labute approximate surface area is 132 Å². The lowest BCUT2D eigenvalue weighted by molar-refractivity contribution is -0.130. The smallest absolute Gasteiger partial charge is 0.249 e. The van der Waals surface area contributed by atoms with Gasteiger partial charge in [0, 0.05) is 30.2 Å². The Hall–Kier alpha value is -1.92. The molecule has 1 aliphatic heterocycles. The molecule has 1 amide bonds. The van der Waals surface area contributed by atoms with Gasteiger partial charge in [0.1, 0.15) is 6.10 Å². The zero-order valence-electron chi connectivity index (χ0n) is 11.9. The number of amides is 1. The van der Waals surface area contributed by atoms with E-state index in [0.717, 1.165) is 18.4 Å². The number of hydrogen-bond donors (Lipinski definition) is 1. The number of carbonyl (C=O) groups is 1. The first-order chi connectivity index (χ1) is 10.7. The number of nitrogens with zero attached hydrogens (tertiary/aromatic N) is 2. The van der Waals surface area contributed by atoms with E-state index in [-0.39, 0.29) is 12.0 Å². The Balaban J connectivity index is 1.51. The van der Waals surface area contributed by atoms with E-state index in [9.17, 15) is 4.79 Å². The second-order valence-electron chi connectivity index (χ2n) is 5.05. The molecule has 1 atom stereocenters. The highest BCUT2D eigenvalue weighted by atomic mass is 35.5. The Bertz CT molecular complexity index is 636. The maximum Gasteiger partial charge on any atom is 0.249 e. The largest absolute Gasteiger partial charge is 0.421 e. The molecule has 2 aromatic rings. The first kappa shape index (κ1) is 15.0. The summed E-state index contributed by atoms with van der Waals surface area (Å²) in [5, 5.41) is 11.4. The minimum atomic E-state index is -0.313. The van der Waals surface area contributed by atoms with Crippen molar-refractivity contribution in [2.75, 3.05) is 13.2 Å². The minimum absolute atomic E-state index is 0.0741. The van der Waals surface area contributed by atoms with E-state index in [2.05, 4.69) is 15.5 Å². The van der Waals surface area contributed by atoms with E-state index >= 15 is 0 Å². The van der Waals surface area contributed by atoms with Crippen molar-refractivity contribution < 1.29 is 13.9 Å². The molecule has 0 spiro atoms. The molecular formula is C15H16ClN3O3. The van der Waals surface area contributed by atoms with Crippen LogP contribution in [-0.4, -0.2) is 35.4 Å². The zero-order chi connectivity index (χ0) is 15.4. The van der Waals surface area contributed by atoms with Crippen molar-refractivity contribution in [1.82, 2.24) is 15.5 Å². The van der Waals surface area contributed by atoms with Gasteiger partial charge in [-0.15, -0.1) is 10.2 Å². The average Bonchev–Trinajstić information content (AvgIpc) is 3.19. The van der Waals surface area contributed by atoms with Gasteiger partial charge in [0.2, 0.25) is 17.7 Å². The SMILES string of the molecule is O=C(NCCc1nnc(-c2ccc(Cl)cc2)o1)C1CCCO1. The number of carbonyl (C=O) groups excluding carboxylic acids is 1. The quantitative estimate of drug-likeness (QED) is 0.913. The molecule has 1 aliphatic rings. The van der Waals surface area contributed by atoms with Crippen LogP contribution in [0.2, 0.25) is 5.02 Å². The van der Waals surface area contributed by atoms with Gasteiger partial charge in [-0.05, 0) is 37.1 Å². The van der Waals surface area contributed by atoms with E-state index in [4.69, 9.17) is 20.8 Å². The third-order valence-corrected chi connectivity index (χ3v) is 3.67. The van der Waals surface area contributed by atoms with Crippen LogP contribution in [0.4, 0.5) is 0 Å². The first-order valence-electron chi connectivity index (χ1n) is 7.20. The second-order valence-corrected chi connectivity index (χ2v) is 5.49. The lowest BCUT2D eigenvalue weighted by Crippen LogP contribution is -2.35. The Morgan fingerprint density at radius 2 is 2.14 bits per heavy atom. The summed E-state index contributed by atoms with van der Waals surface area (Å²) >= 11 is 5.84. The van der Waals surface area contributed by atoms with Gasteiger partial charge < -0.3 is 14.5 Å². The second kappa shape index (κ2) is 6.89. The van der Waals surface area contributed by atoms with Gasteiger partial charge >= 0.3 is 0 Å². The highest BCUT2D eigenvalue weighted by Crippen LogP contribution is 2.20. The maximum atomic E-state index is 11.8. The van der Waals surface area contributed by atoms with Gasteiger partial charge in [-0.25, -0.2) is 0 Å². The molecule has 3 rings (SSSR count). The molecule has 0 saturated carbocycles. The Kier molecular flexibility index (Phi) is 4.70. The zero-order valence-corrected chi connectivity index (χ0v) is 12.7. The standard InChI is InChI=1S/C15H16ClN3O3/c16-11-5-3-10(4-6-11)15-19-18-13(22-15)7-8-17-14(20)12-2-1-9-21-12/h3-6,12H,1-2,7-9H2,(H,17,20). The van der Waals surface area contributed by atoms with Gasteiger partial charge in [-0.2, -0.15) is 0 Å². The predicted molar refractivity (Wildman–Crippen MR) is 80.4 cm³/mol. The summed E-state index contributed by atoms with van der Waals surface area (Å²) in [4.78, 5) is 11.8. The van der Waals surface area contributed by atoms with Crippen LogP contribution in [0.1, 0.15) is 18.7 Å². The average molecular weight is 322 g/mol. The van der Waals surface area contributed by atoms with E-state index < -0.39 is 0 Å². The highest BCUT2D eigenvalue weighted by Gasteiger charge is 2.23. The van der Waals surface area contributed by atoms with Crippen LogP contribution in [0.25, 0.3) is 11.5 Å². The van der Waals surface area contributed by atoms with Crippen LogP contribution >= 0.6 is 11.6 Å². The van der Waals surface area contributed by atoms with Crippen molar-refractivity contribution in [1.29, 1.82) is 0 Å². The number of nitrogens with one attached hydrogen (secondary N) is 1. The van der Waals surface area contributed by atoms with Gasteiger partial charge in [0.25, 0.3) is 0 Å². The van der Waals surface area contributed by atoms with Crippen molar-refractivity contribution in [2.45, 2.75) is 25.4 Å². The molecule has 1 saturated heterocycles. The normalized spacial score (nSPS) is 17.6. The molecule has 2 heterocycles. The van der Waals surface area contributed by atoms with E-state index in [1.165, 1.54) is 0 Å². The van der Waals surface area contributed by atoms with Gasteiger partial charge in [-0.3, -0.25) is 4.79 Å². The number of aromatic nitrogens is 2. The van der Waals surface area contributed by atoms with E-state index in [1.807, 2.05) is 12.1 Å². The fourth-order valence-corrected chi connectivity index (χ4v) is 2.38. The van der Waals surface area contributed by atoms with Crippen LogP contribution < -0.4 is 5.32 Å². The summed E-state index contributed by atoms with van der Waals surface area (Å²) < 4.78 is 10.9. The van der Waals surface area contributed by atoms with Crippen molar-refractivity contribution >= 4 is 17.5 Å². The number of hydrogen-bond acceptors (Lipinski definition) is 5. The van der Waals surface area contributed by atoms with E-state index in [1.54, 1.807) is 12.1 Å². The molecule has 1 N–H and O–H groups in total. The predicted octanol–water partition coefficient (Wildman–Crippen LogP) is 2.23. The summed E-state index contributed by atoms with van der Waals surface area (Å²) in [5.41, 5.74) is 0.812. The fraction of sp³-hybridized carbons (Fsp3) is 0.400. The van der Waals surface area contributed by atoms with Crippen molar-refractivity contribution in [3.05, 3.63) is 35.2 Å². The van der Waals surface area contributed by atoms with Crippen LogP contribution in [0.3, 0.4) is 0 Å². The molecule has 0 radical (unpaired) electrons. The third kappa shape index (κ3) is 3.64. The first-order valence-corrected chi connectivity index (χ1v) is 7.58. The van der Waals surface area contributed by atoms with Crippen LogP contribution in [0.5, 0.6) is 0 Å². The summed E-state index contributed by atoms with van der Waals surface area (Å²) in [6.07, 6.45) is 1.89. The van der Waals surface area contributed by atoms with Crippen LogP contribution in [-0.2, 0) is 16.0 Å². The van der Waals surface area contributed by atoms with Crippen molar-refractivity contribution in [2.24, 2.45) is 0 Å². The maximum absolute atomic E-state index is 11.8. The molecule has 1 aromatic heterocycles. The van der Waals surface area contributed by atoms with Gasteiger partial charge in [0.05, 0.1) is 0 Å². The van der Waals surface area contributed by atoms with Crippen LogP contribution in [0.15, 0.2) is 28.7 Å². The molecule has 1 unspecified atom stereocenters. The summed E-state index contributed by atoms with van der Waals surface area (Å²) in [7, 11) is 0. The molecule has 116 valence electrons. The molecule has 0 bridgehead atoms. The lowest BCUT2D eigenvalue weighted by Gasteiger charge is -2.08. The summed E-state index contributed by atoms with van der Waals surface area (Å²) in [6, 6.07) is 7.17. The fourth-order valence-electron chi connectivity index (χ4n) is 2.25. The molecule has 7 heteroatoms. The number of ether oxygens (including phenoxy) is 1. The molecule has 0 aliphatic carbocycles. The summed E-state index contributed by atoms with van der Waals surface area (Å²) in [6.45, 7) is 1.10. The van der Waals surface area contributed by atoms with Crippen molar-refractivity contribution in [3.8, 4) is 11.5 Å². The van der Waals surface area contributed by atoms with Crippen molar-refractivity contribution in [3.63, 3.8) is 0 Å². The number of rotatable bonds is 5. The number of benzene rings is 1. The number of halogens is 1. The highest BCUT2D eigenvalue weighted by molar-refractivity contribution is 6.30. The van der Waals surface area contributed by atoms with Gasteiger partial charge in [0.15, 0.2) is 0 Å². The third-order valence-electron chi connectivity index (χ3n) is 3.42. The lowest BCUT2D eigenvalue weighted by atomic mass is 10.2. The van der Waals surface area contributed by atoms with Gasteiger partial charge in [-0.1, -0.05) is 11.6 Å². The monoisotopic (exact) mass is 321 g/mol. The molecule has 1 fully saturated rings. The van der Waals surface area contributed by atoms with Crippen LogP contribution in [0, 0.1) is 0 Å². The molecule has 6 nitrogen and oxygen atoms in total. The van der Waals surface area contributed by atoms with E-state index in [0.29, 0.717) is 36.4 Å². The molecule has 22 heavy (non-hydrogen) atoms. The summed E-state index contributed by atoms with van der Waals surface area (Å²) in [5.74, 6) is 0.852.